The molecule has 1 aromatic rings. The molecule has 1 atom stereocenters. The highest BCUT2D eigenvalue weighted by Crippen LogP contribution is 2.45. The molecule has 1 fully saturated rings. The Kier molecular flexibility index (Phi) is 2.95. The predicted molar refractivity (Wildman–Crippen MR) is 58.9 cm³/mol. The smallest absolute Gasteiger partial charge is 0.303 e. The number of carboxylic acid groups (broad SMARTS) is 1. The zero-order valence-corrected chi connectivity index (χ0v) is 9.24. The van der Waals surface area contributed by atoms with Gasteiger partial charge in [0.15, 0.2) is 0 Å². The van der Waals surface area contributed by atoms with Crippen LogP contribution in [0.5, 0.6) is 0 Å². The van der Waals surface area contributed by atoms with Gasteiger partial charge in [0.1, 0.15) is 5.82 Å². The van der Waals surface area contributed by atoms with Crippen LogP contribution in [0.1, 0.15) is 36.3 Å². The highest BCUT2D eigenvalue weighted by Gasteiger charge is 2.34. The van der Waals surface area contributed by atoms with Crippen molar-refractivity contribution in [3.05, 3.63) is 35.1 Å². The van der Waals surface area contributed by atoms with E-state index in [1.54, 1.807) is 6.07 Å². The lowest BCUT2D eigenvalue weighted by Gasteiger charge is -2.17. The molecule has 1 unspecified atom stereocenters. The van der Waals surface area contributed by atoms with Crippen molar-refractivity contribution in [2.75, 3.05) is 0 Å². The predicted octanol–water partition coefficient (Wildman–Crippen LogP) is 3.10. The molecule has 3 heteroatoms. The number of rotatable bonds is 4. The third-order valence-corrected chi connectivity index (χ3v) is 3.22. The molecule has 0 bridgehead atoms. The normalized spacial score (nSPS) is 17.1. The average Bonchev–Trinajstić information content (AvgIpc) is 2.97. The van der Waals surface area contributed by atoms with E-state index in [2.05, 4.69) is 0 Å². The molecule has 0 saturated heterocycles. The lowest BCUT2D eigenvalue weighted by atomic mass is 9.88. The quantitative estimate of drug-likeness (QED) is 0.849. The Bertz CT molecular complexity index is 410. The second kappa shape index (κ2) is 4.24. The number of aliphatic carboxylic acids is 1. The highest BCUT2D eigenvalue weighted by atomic mass is 19.1. The minimum atomic E-state index is -0.777. The first-order chi connectivity index (χ1) is 7.58. The molecule has 2 nitrogen and oxygen atoms in total. The Morgan fingerprint density at radius 2 is 2.25 bits per heavy atom. The molecule has 1 aromatic carbocycles. The Labute approximate surface area is 94.1 Å². The van der Waals surface area contributed by atoms with Crippen molar-refractivity contribution >= 4 is 5.97 Å². The summed E-state index contributed by atoms with van der Waals surface area (Å²) >= 11 is 0. The molecule has 0 aliphatic heterocycles. The lowest BCUT2D eigenvalue weighted by molar-refractivity contribution is -0.137. The molecule has 0 heterocycles. The van der Waals surface area contributed by atoms with Crippen LogP contribution in [0.25, 0.3) is 0 Å². The van der Waals surface area contributed by atoms with Crippen LogP contribution in [0.15, 0.2) is 18.2 Å². The van der Waals surface area contributed by atoms with E-state index in [1.165, 1.54) is 12.1 Å². The lowest BCUT2D eigenvalue weighted by Crippen LogP contribution is -2.09. The van der Waals surface area contributed by atoms with Crippen molar-refractivity contribution in [2.45, 2.75) is 32.1 Å². The second-order valence-electron chi connectivity index (χ2n) is 4.54. The van der Waals surface area contributed by atoms with Crippen LogP contribution in [0, 0.1) is 18.7 Å². The largest absolute Gasteiger partial charge is 0.481 e. The van der Waals surface area contributed by atoms with Crippen molar-refractivity contribution < 1.29 is 14.3 Å². The van der Waals surface area contributed by atoms with Crippen molar-refractivity contribution in [3.63, 3.8) is 0 Å². The Hall–Kier alpha value is -1.38. The topological polar surface area (TPSA) is 37.3 Å². The van der Waals surface area contributed by atoms with Crippen LogP contribution in [-0.4, -0.2) is 11.1 Å². The van der Waals surface area contributed by atoms with E-state index in [-0.39, 0.29) is 18.2 Å². The number of carboxylic acids is 1. The van der Waals surface area contributed by atoms with Crippen molar-refractivity contribution in [3.8, 4) is 0 Å². The third-order valence-electron chi connectivity index (χ3n) is 3.22. The molecule has 0 spiro atoms. The van der Waals surface area contributed by atoms with Crippen LogP contribution in [0.2, 0.25) is 0 Å². The second-order valence-corrected chi connectivity index (χ2v) is 4.54. The fourth-order valence-corrected chi connectivity index (χ4v) is 2.27. The van der Waals surface area contributed by atoms with Gasteiger partial charge >= 0.3 is 5.97 Å². The number of aryl methyl sites for hydroxylation is 1. The number of carbonyl (C=O) groups is 1. The maximum atomic E-state index is 13.0. The SMILES string of the molecule is Cc1cc(F)ccc1C(CC(=O)O)C1CC1. The summed E-state index contributed by atoms with van der Waals surface area (Å²) < 4.78 is 13.0. The van der Waals surface area contributed by atoms with E-state index in [9.17, 15) is 9.18 Å². The van der Waals surface area contributed by atoms with Gasteiger partial charge < -0.3 is 5.11 Å². The minimum Gasteiger partial charge on any atom is -0.481 e. The van der Waals surface area contributed by atoms with E-state index < -0.39 is 5.97 Å². The van der Waals surface area contributed by atoms with Crippen molar-refractivity contribution in [1.82, 2.24) is 0 Å². The highest BCUT2D eigenvalue weighted by molar-refractivity contribution is 5.68. The molecule has 0 radical (unpaired) electrons. The summed E-state index contributed by atoms with van der Waals surface area (Å²) in [4.78, 5) is 10.8. The molecule has 2 rings (SSSR count). The van der Waals surface area contributed by atoms with Crippen LogP contribution in [0.3, 0.4) is 0 Å². The molecule has 1 aliphatic rings. The molecule has 1 aliphatic carbocycles. The fraction of sp³-hybridized carbons (Fsp3) is 0.462. The number of benzene rings is 1. The van der Waals surface area contributed by atoms with Gasteiger partial charge in [0.05, 0.1) is 6.42 Å². The van der Waals surface area contributed by atoms with E-state index in [0.29, 0.717) is 5.92 Å². The molecule has 1 saturated carbocycles. The average molecular weight is 222 g/mol. The summed E-state index contributed by atoms with van der Waals surface area (Å²) in [5, 5.41) is 8.89. The summed E-state index contributed by atoms with van der Waals surface area (Å²) in [7, 11) is 0. The zero-order valence-electron chi connectivity index (χ0n) is 9.24. The standard InChI is InChI=1S/C13H15FO2/c1-8-6-10(14)4-5-11(8)12(7-13(15)16)9-2-3-9/h4-6,9,12H,2-3,7H2,1H3,(H,15,16). The van der Waals surface area contributed by atoms with Gasteiger partial charge in [-0.3, -0.25) is 4.79 Å². The first kappa shape index (κ1) is 11.1. The van der Waals surface area contributed by atoms with Gasteiger partial charge in [0.25, 0.3) is 0 Å². The fourth-order valence-electron chi connectivity index (χ4n) is 2.27. The summed E-state index contributed by atoms with van der Waals surface area (Å²) in [6.07, 6.45) is 2.33. The van der Waals surface area contributed by atoms with E-state index in [1.807, 2.05) is 6.92 Å². The van der Waals surface area contributed by atoms with Gasteiger partial charge in [0.2, 0.25) is 0 Å². The van der Waals surface area contributed by atoms with Crippen LogP contribution in [0.4, 0.5) is 4.39 Å². The molecule has 0 aromatic heterocycles. The number of halogens is 1. The van der Waals surface area contributed by atoms with Gasteiger partial charge in [-0.2, -0.15) is 0 Å². The Balaban J connectivity index is 2.27. The van der Waals surface area contributed by atoms with E-state index in [4.69, 9.17) is 5.11 Å². The van der Waals surface area contributed by atoms with Crippen LogP contribution in [-0.2, 0) is 4.79 Å². The first-order valence-corrected chi connectivity index (χ1v) is 5.56. The molecule has 1 N–H and O–H groups in total. The summed E-state index contributed by atoms with van der Waals surface area (Å²) in [6, 6.07) is 4.63. The monoisotopic (exact) mass is 222 g/mol. The molecule has 86 valence electrons. The number of hydrogen-bond acceptors (Lipinski definition) is 1. The van der Waals surface area contributed by atoms with Crippen molar-refractivity contribution in [2.24, 2.45) is 5.92 Å². The molecule has 0 amide bonds. The summed E-state index contributed by atoms with van der Waals surface area (Å²) in [5.41, 5.74) is 1.85. The van der Waals surface area contributed by atoms with Gasteiger partial charge in [-0.05, 0) is 54.9 Å². The summed E-state index contributed by atoms with van der Waals surface area (Å²) in [6.45, 7) is 1.84. The molecule has 16 heavy (non-hydrogen) atoms. The van der Waals surface area contributed by atoms with Gasteiger partial charge in [-0.15, -0.1) is 0 Å². The maximum Gasteiger partial charge on any atom is 0.303 e. The van der Waals surface area contributed by atoms with E-state index >= 15 is 0 Å². The van der Waals surface area contributed by atoms with Crippen LogP contribution < -0.4 is 0 Å². The Morgan fingerprint density at radius 3 is 2.75 bits per heavy atom. The van der Waals surface area contributed by atoms with E-state index in [0.717, 1.165) is 24.0 Å². The zero-order chi connectivity index (χ0) is 11.7. The summed E-state index contributed by atoms with van der Waals surface area (Å²) in [5.74, 6) is -0.509. The van der Waals surface area contributed by atoms with Gasteiger partial charge in [-0.1, -0.05) is 6.07 Å². The van der Waals surface area contributed by atoms with Gasteiger partial charge in [0, 0.05) is 0 Å². The van der Waals surface area contributed by atoms with Crippen molar-refractivity contribution in [1.29, 1.82) is 0 Å². The number of hydrogen-bond donors (Lipinski definition) is 1. The minimum absolute atomic E-state index is 0.0538. The van der Waals surface area contributed by atoms with Gasteiger partial charge in [-0.25, -0.2) is 4.39 Å². The van der Waals surface area contributed by atoms with Crippen LogP contribution >= 0.6 is 0 Å². The maximum absolute atomic E-state index is 13.0. The molecular formula is C13H15FO2. The Morgan fingerprint density at radius 1 is 1.56 bits per heavy atom. The molecular weight excluding hydrogens is 207 g/mol. The first-order valence-electron chi connectivity index (χ1n) is 5.56. The third kappa shape index (κ3) is 2.40.